The van der Waals surface area contributed by atoms with Gasteiger partial charge in [-0.2, -0.15) is 10.5 Å². The molecule has 1 heterocycles. The molecular formula is C17H17ClN6OS2. The first-order valence-electron chi connectivity index (χ1n) is 8.05. The molecule has 0 aliphatic carbocycles. The molecule has 2 aromatic rings. The minimum atomic E-state index is -0.124. The standard InChI is InChI=1S/C17H17ClN6OS2/c1-12-13(18)5-2-6-14(12)21-16-22-23-17(27-16)26-11-15(25)24(9-3-7-19)10-4-8-20/h2,5-6H,3-4,9-11H2,1H3,(H,21,22). The molecule has 0 spiro atoms. The molecule has 140 valence electrons. The van der Waals surface area contributed by atoms with Crippen LogP contribution >= 0.6 is 34.7 Å². The number of carbonyl (C=O) groups is 1. The highest BCUT2D eigenvalue weighted by atomic mass is 35.5. The number of rotatable bonds is 9. The van der Waals surface area contributed by atoms with Crippen molar-refractivity contribution in [2.24, 2.45) is 0 Å². The number of nitrogens with zero attached hydrogens (tertiary/aromatic N) is 5. The van der Waals surface area contributed by atoms with Crippen molar-refractivity contribution in [2.75, 3.05) is 24.2 Å². The lowest BCUT2D eigenvalue weighted by molar-refractivity contribution is -0.128. The zero-order valence-corrected chi connectivity index (χ0v) is 17.0. The van der Waals surface area contributed by atoms with E-state index >= 15 is 0 Å². The summed E-state index contributed by atoms with van der Waals surface area (Å²) >= 11 is 8.74. The molecule has 0 saturated carbocycles. The molecule has 1 N–H and O–H groups in total. The number of anilines is 2. The number of amides is 1. The van der Waals surface area contributed by atoms with E-state index in [0.29, 0.717) is 27.6 Å². The second kappa shape index (κ2) is 10.7. The molecule has 0 fully saturated rings. The van der Waals surface area contributed by atoms with Crippen LogP contribution in [-0.4, -0.2) is 39.8 Å². The van der Waals surface area contributed by atoms with Gasteiger partial charge in [-0.25, -0.2) is 0 Å². The Kier molecular flexibility index (Phi) is 8.34. The molecular weight excluding hydrogens is 404 g/mol. The quantitative estimate of drug-likeness (QED) is 0.611. The summed E-state index contributed by atoms with van der Waals surface area (Å²) in [5.74, 6) is 0.0581. The first-order chi connectivity index (χ1) is 13.0. The molecule has 0 unspecified atom stereocenters. The van der Waals surface area contributed by atoms with Gasteiger partial charge in [0.15, 0.2) is 4.34 Å². The fourth-order valence-electron chi connectivity index (χ4n) is 2.12. The van der Waals surface area contributed by atoms with Crippen LogP contribution in [-0.2, 0) is 4.79 Å². The van der Waals surface area contributed by atoms with Crippen LogP contribution < -0.4 is 5.32 Å². The average molecular weight is 421 g/mol. The van der Waals surface area contributed by atoms with E-state index in [1.54, 1.807) is 0 Å². The summed E-state index contributed by atoms with van der Waals surface area (Å²) in [6.45, 7) is 2.57. The van der Waals surface area contributed by atoms with Crippen LogP contribution in [0.2, 0.25) is 5.02 Å². The first-order valence-corrected chi connectivity index (χ1v) is 10.2. The number of hydrogen-bond acceptors (Lipinski definition) is 8. The molecule has 1 aromatic heterocycles. The molecule has 10 heteroatoms. The number of benzene rings is 1. The second-order valence-corrected chi connectivity index (χ2v) is 8.00. The monoisotopic (exact) mass is 420 g/mol. The lowest BCUT2D eigenvalue weighted by Gasteiger charge is -2.19. The second-order valence-electron chi connectivity index (χ2n) is 5.40. The summed E-state index contributed by atoms with van der Waals surface area (Å²) in [5.41, 5.74) is 1.77. The first kappa shape index (κ1) is 21.0. The highest BCUT2D eigenvalue weighted by Crippen LogP contribution is 2.30. The Morgan fingerprint density at radius 3 is 2.67 bits per heavy atom. The van der Waals surface area contributed by atoms with Crippen LogP contribution in [0.25, 0.3) is 0 Å². The molecule has 0 aliphatic rings. The van der Waals surface area contributed by atoms with E-state index < -0.39 is 0 Å². The summed E-state index contributed by atoms with van der Waals surface area (Å²) in [5, 5.41) is 30.0. The third-order valence-corrected chi connectivity index (χ3v) is 5.94. The maximum atomic E-state index is 12.3. The van der Waals surface area contributed by atoms with Gasteiger partial charge in [0.05, 0.1) is 30.7 Å². The SMILES string of the molecule is Cc1c(Cl)cccc1Nc1nnc(SCC(=O)N(CCC#N)CCC#N)s1. The van der Waals surface area contributed by atoms with Crippen LogP contribution in [0.1, 0.15) is 18.4 Å². The van der Waals surface area contributed by atoms with Gasteiger partial charge in [0.2, 0.25) is 11.0 Å². The Labute approximate surface area is 171 Å². The summed E-state index contributed by atoms with van der Waals surface area (Å²) in [7, 11) is 0. The molecule has 0 bridgehead atoms. The number of nitrogens with one attached hydrogen (secondary N) is 1. The van der Waals surface area contributed by atoms with Gasteiger partial charge < -0.3 is 10.2 Å². The molecule has 1 amide bonds. The van der Waals surface area contributed by atoms with E-state index in [2.05, 4.69) is 15.5 Å². The predicted octanol–water partition coefficient (Wildman–Crippen LogP) is 3.99. The van der Waals surface area contributed by atoms with Crippen molar-refractivity contribution in [1.82, 2.24) is 15.1 Å². The number of thioether (sulfide) groups is 1. The van der Waals surface area contributed by atoms with E-state index in [-0.39, 0.29) is 24.5 Å². The van der Waals surface area contributed by atoms with Gasteiger partial charge in [-0.3, -0.25) is 4.79 Å². The minimum absolute atomic E-state index is 0.124. The van der Waals surface area contributed by atoms with E-state index in [1.165, 1.54) is 28.0 Å². The minimum Gasteiger partial charge on any atom is -0.340 e. The fourth-order valence-corrected chi connectivity index (χ4v) is 3.96. The smallest absolute Gasteiger partial charge is 0.233 e. The van der Waals surface area contributed by atoms with Crippen molar-refractivity contribution < 1.29 is 4.79 Å². The van der Waals surface area contributed by atoms with E-state index in [4.69, 9.17) is 22.1 Å². The third kappa shape index (κ3) is 6.40. The van der Waals surface area contributed by atoms with Gasteiger partial charge in [0.1, 0.15) is 0 Å². The van der Waals surface area contributed by atoms with E-state index in [1.807, 2.05) is 37.3 Å². The maximum Gasteiger partial charge on any atom is 0.233 e. The molecule has 0 radical (unpaired) electrons. The number of hydrogen-bond donors (Lipinski definition) is 1. The Bertz CT molecular complexity index is 855. The summed E-state index contributed by atoms with van der Waals surface area (Å²) in [6.07, 6.45) is 0.487. The fraction of sp³-hybridized carbons (Fsp3) is 0.353. The number of aromatic nitrogens is 2. The molecule has 1 aromatic carbocycles. The largest absolute Gasteiger partial charge is 0.340 e. The Morgan fingerprint density at radius 1 is 1.30 bits per heavy atom. The van der Waals surface area contributed by atoms with E-state index in [0.717, 1.165) is 11.3 Å². The van der Waals surface area contributed by atoms with Crippen molar-refractivity contribution in [3.8, 4) is 12.1 Å². The highest BCUT2D eigenvalue weighted by Gasteiger charge is 2.15. The van der Waals surface area contributed by atoms with Gasteiger partial charge in [-0.1, -0.05) is 40.8 Å². The molecule has 0 saturated heterocycles. The van der Waals surface area contributed by atoms with Crippen LogP contribution in [0.15, 0.2) is 22.5 Å². The highest BCUT2D eigenvalue weighted by molar-refractivity contribution is 8.01. The van der Waals surface area contributed by atoms with Gasteiger partial charge in [0.25, 0.3) is 0 Å². The van der Waals surface area contributed by atoms with Gasteiger partial charge >= 0.3 is 0 Å². The Hall–Kier alpha value is -2.33. The normalized spacial score (nSPS) is 10.1. The summed E-state index contributed by atoms with van der Waals surface area (Å²) < 4.78 is 0.658. The van der Waals surface area contributed by atoms with Crippen LogP contribution in [0.3, 0.4) is 0 Å². The molecule has 7 nitrogen and oxygen atoms in total. The van der Waals surface area contributed by atoms with Crippen molar-refractivity contribution in [3.05, 3.63) is 28.8 Å². The molecule has 2 rings (SSSR count). The number of carbonyl (C=O) groups excluding carboxylic acids is 1. The summed E-state index contributed by atoms with van der Waals surface area (Å²) in [6, 6.07) is 9.61. The van der Waals surface area contributed by atoms with Gasteiger partial charge in [0, 0.05) is 23.8 Å². The van der Waals surface area contributed by atoms with Gasteiger partial charge in [-0.05, 0) is 24.6 Å². The third-order valence-electron chi connectivity index (χ3n) is 3.57. The van der Waals surface area contributed by atoms with Crippen LogP contribution in [0.5, 0.6) is 0 Å². The Balaban J connectivity index is 1.93. The van der Waals surface area contributed by atoms with Crippen molar-refractivity contribution in [1.29, 1.82) is 10.5 Å². The molecule has 0 atom stereocenters. The summed E-state index contributed by atoms with van der Waals surface area (Å²) in [4.78, 5) is 13.9. The zero-order valence-electron chi connectivity index (χ0n) is 14.6. The number of halogens is 1. The van der Waals surface area contributed by atoms with Crippen molar-refractivity contribution in [3.63, 3.8) is 0 Å². The van der Waals surface area contributed by atoms with Crippen molar-refractivity contribution in [2.45, 2.75) is 24.1 Å². The van der Waals surface area contributed by atoms with Crippen LogP contribution in [0, 0.1) is 29.6 Å². The zero-order chi connectivity index (χ0) is 19.6. The van der Waals surface area contributed by atoms with E-state index in [9.17, 15) is 4.79 Å². The predicted molar refractivity (Wildman–Crippen MR) is 107 cm³/mol. The number of nitriles is 2. The molecule has 0 aliphatic heterocycles. The topological polar surface area (TPSA) is 106 Å². The lowest BCUT2D eigenvalue weighted by Crippen LogP contribution is -2.34. The Morgan fingerprint density at radius 2 is 2.00 bits per heavy atom. The lowest BCUT2D eigenvalue weighted by atomic mass is 10.2. The molecule has 27 heavy (non-hydrogen) atoms. The van der Waals surface area contributed by atoms with Crippen molar-refractivity contribution >= 4 is 51.4 Å². The average Bonchev–Trinajstić information content (AvgIpc) is 3.11. The maximum absolute atomic E-state index is 12.3. The van der Waals surface area contributed by atoms with Gasteiger partial charge in [-0.15, -0.1) is 10.2 Å². The van der Waals surface area contributed by atoms with Crippen LogP contribution in [0.4, 0.5) is 10.8 Å².